The van der Waals surface area contributed by atoms with Gasteiger partial charge in [0.2, 0.25) is 0 Å². The summed E-state index contributed by atoms with van der Waals surface area (Å²) in [5, 5.41) is 2.85. The van der Waals surface area contributed by atoms with E-state index in [2.05, 4.69) is 10.3 Å². The molecule has 0 aliphatic carbocycles. The topological polar surface area (TPSA) is 51.2 Å². The Morgan fingerprint density at radius 2 is 2.33 bits per heavy atom. The number of aromatic nitrogens is 1. The molecule has 5 heteroatoms. The van der Waals surface area contributed by atoms with Gasteiger partial charge >= 0.3 is 0 Å². The van der Waals surface area contributed by atoms with Gasteiger partial charge in [-0.15, -0.1) is 11.3 Å². The summed E-state index contributed by atoms with van der Waals surface area (Å²) >= 11 is 1.32. The Morgan fingerprint density at radius 3 is 2.94 bits per heavy atom. The van der Waals surface area contributed by atoms with Crippen LogP contribution in [0.25, 0.3) is 0 Å². The molecule has 0 fully saturated rings. The minimum atomic E-state index is -0.128. The maximum absolute atomic E-state index is 11.8. The quantitative estimate of drug-likeness (QED) is 0.921. The summed E-state index contributed by atoms with van der Waals surface area (Å²) in [5.74, 6) is -0.128. The van der Waals surface area contributed by atoms with Crippen molar-refractivity contribution in [3.63, 3.8) is 0 Å². The van der Waals surface area contributed by atoms with Crippen LogP contribution in [0.3, 0.4) is 0 Å². The van der Waals surface area contributed by atoms with Gasteiger partial charge < -0.3 is 10.1 Å². The van der Waals surface area contributed by atoms with Gasteiger partial charge in [-0.3, -0.25) is 9.78 Å². The number of anilines is 1. The van der Waals surface area contributed by atoms with E-state index in [4.69, 9.17) is 4.74 Å². The van der Waals surface area contributed by atoms with Gasteiger partial charge in [-0.25, -0.2) is 0 Å². The van der Waals surface area contributed by atoms with E-state index in [0.717, 1.165) is 16.8 Å². The number of aryl methyl sites for hydroxylation is 1. The average Bonchev–Trinajstić information content (AvgIpc) is 2.86. The predicted octanol–water partition coefficient (Wildman–Crippen LogP) is 2.85. The zero-order chi connectivity index (χ0) is 13.0. The molecule has 0 aliphatic heterocycles. The first-order valence-corrected chi connectivity index (χ1v) is 6.37. The van der Waals surface area contributed by atoms with Crippen molar-refractivity contribution in [1.29, 1.82) is 0 Å². The van der Waals surface area contributed by atoms with Gasteiger partial charge in [-0.2, -0.15) is 0 Å². The molecular weight excluding hydrogens is 248 g/mol. The van der Waals surface area contributed by atoms with Gasteiger partial charge in [0, 0.05) is 12.8 Å². The maximum atomic E-state index is 11.8. The van der Waals surface area contributed by atoms with E-state index in [-0.39, 0.29) is 5.91 Å². The van der Waals surface area contributed by atoms with Crippen molar-refractivity contribution >= 4 is 22.9 Å². The fourth-order valence-electron chi connectivity index (χ4n) is 1.61. The van der Waals surface area contributed by atoms with Crippen LogP contribution in [0.1, 0.15) is 20.8 Å². The molecule has 2 aromatic rings. The lowest BCUT2D eigenvalue weighted by atomic mass is 10.1. The Morgan fingerprint density at radius 1 is 1.50 bits per heavy atom. The van der Waals surface area contributed by atoms with Crippen LogP contribution in [0.15, 0.2) is 29.9 Å². The number of ether oxygens (including phenoxy) is 1. The highest BCUT2D eigenvalue weighted by Crippen LogP contribution is 2.17. The van der Waals surface area contributed by atoms with Crippen molar-refractivity contribution in [2.45, 2.75) is 13.5 Å². The van der Waals surface area contributed by atoms with Gasteiger partial charge in [0.05, 0.1) is 18.3 Å². The maximum Gasteiger partial charge on any atom is 0.267 e. The van der Waals surface area contributed by atoms with Crippen LogP contribution >= 0.6 is 11.3 Å². The van der Waals surface area contributed by atoms with Crippen molar-refractivity contribution < 1.29 is 9.53 Å². The van der Waals surface area contributed by atoms with Gasteiger partial charge in [-0.1, -0.05) is 6.07 Å². The van der Waals surface area contributed by atoms with Crippen LogP contribution in [-0.2, 0) is 11.3 Å². The molecule has 0 bridgehead atoms. The molecule has 0 saturated carbocycles. The number of benzene rings is 1. The molecule has 1 aromatic heterocycles. The van der Waals surface area contributed by atoms with Gasteiger partial charge in [-0.05, 0) is 30.2 Å². The Balaban J connectivity index is 2.11. The molecule has 0 radical (unpaired) electrons. The first-order chi connectivity index (χ1) is 8.70. The number of hydrogen-bond acceptors (Lipinski definition) is 4. The monoisotopic (exact) mass is 262 g/mol. The fourth-order valence-corrected chi connectivity index (χ4v) is 2.13. The molecule has 18 heavy (non-hydrogen) atoms. The fraction of sp³-hybridized carbons (Fsp3) is 0.231. The Kier molecular flexibility index (Phi) is 4.07. The first kappa shape index (κ1) is 12.7. The van der Waals surface area contributed by atoms with E-state index in [1.165, 1.54) is 11.3 Å². The van der Waals surface area contributed by atoms with E-state index in [1.807, 2.05) is 25.1 Å². The summed E-state index contributed by atoms with van der Waals surface area (Å²) in [7, 11) is 1.67. The van der Waals surface area contributed by atoms with E-state index >= 15 is 0 Å². The largest absolute Gasteiger partial charge is 0.380 e. The summed E-state index contributed by atoms with van der Waals surface area (Å²) < 4.78 is 5.09. The summed E-state index contributed by atoms with van der Waals surface area (Å²) in [6.45, 7) is 2.58. The molecule has 0 spiro atoms. The lowest BCUT2D eigenvalue weighted by Gasteiger charge is -2.08. The Hall–Kier alpha value is -1.72. The summed E-state index contributed by atoms with van der Waals surface area (Å²) in [6.07, 6.45) is 1.56. The molecule has 1 amide bonds. The van der Waals surface area contributed by atoms with Crippen LogP contribution in [0.2, 0.25) is 0 Å². The SMILES string of the molecule is COCc1ccc(NC(=O)c2cncs2)cc1C. The van der Waals surface area contributed by atoms with Crippen molar-refractivity contribution in [1.82, 2.24) is 4.98 Å². The minimum absolute atomic E-state index is 0.128. The number of nitrogens with zero attached hydrogens (tertiary/aromatic N) is 1. The van der Waals surface area contributed by atoms with E-state index in [0.29, 0.717) is 11.5 Å². The van der Waals surface area contributed by atoms with Gasteiger partial charge in [0.15, 0.2) is 0 Å². The summed E-state index contributed by atoms with van der Waals surface area (Å²) in [6, 6.07) is 5.77. The molecule has 1 heterocycles. The molecule has 0 aliphatic rings. The van der Waals surface area contributed by atoms with Gasteiger partial charge in [0.25, 0.3) is 5.91 Å². The molecule has 1 N–H and O–H groups in total. The number of rotatable bonds is 4. The smallest absolute Gasteiger partial charge is 0.267 e. The number of nitrogens with one attached hydrogen (secondary N) is 1. The number of hydrogen-bond donors (Lipinski definition) is 1. The van der Waals surface area contributed by atoms with E-state index < -0.39 is 0 Å². The zero-order valence-electron chi connectivity index (χ0n) is 10.3. The standard InChI is InChI=1S/C13H14N2O2S/c1-9-5-11(4-3-10(9)7-17-2)15-13(16)12-6-14-8-18-12/h3-6,8H,7H2,1-2H3,(H,15,16). The minimum Gasteiger partial charge on any atom is -0.380 e. The second-order valence-corrected chi connectivity index (χ2v) is 4.78. The summed E-state index contributed by atoms with van der Waals surface area (Å²) in [5.41, 5.74) is 4.64. The molecule has 0 saturated heterocycles. The van der Waals surface area contributed by atoms with Crippen LogP contribution < -0.4 is 5.32 Å². The van der Waals surface area contributed by atoms with Crippen LogP contribution in [0.4, 0.5) is 5.69 Å². The second-order valence-electron chi connectivity index (χ2n) is 3.89. The third-order valence-electron chi connectivity index (χ3n) is 2.56. The number of amides is 1. The molecule has 1 aromatic carbocycles. The van der Waals surface area contributed by atoms with Crippen molar-refractivity contribution in [2.75, 3.05) is 12.4 Å². The molecule has 0 unspecified atom stereocenters. The third kappa shape index (κ3) is 2.94. The van der Waals surface area contributed by atoms with Crippen molar-refractivity contribution in [2.24, 2.45) is 0 Å². The van der Waals surface area contributed by atoms with Crippen LogP contribution in [0, 0.1) is 6.92 Å². The molecule has 94 valence electrons. The first-order valence-electron chi connectivity index (χ1n) is 5.49. The Labute approximate surface area is 110 Å². The highest BCUT2D eigenvalue weighted by molar-refractivity contribution is 7.11. The second kappa shape index (κ2) is 5.75. The number of thiazole rings is 1. The molecule has 2 rings (SSSR count). The molecule has 0 atom stereocenters. The molecular formula is C13H14N2O2S. The van der Waals surface area contributed by atoms with Crippen molar-refractivity contribution in [3.8, 4) is 0 Å². The Bertz CT molecular complexity index is 538. The average molecular weight is 262 g/mol. The van der Waals surface area contributed by atoms with E-state index in [9.17, 15) is 4.79 Å². The number of methoxy groups -OCH3 is 1. The third-order valence-corrected chi connectivity index (χ3v) is 3.33. The van der Waals surface area contributed by atoms with Gasteiger partial charge in [0.1, 0.15) is 4.88 Å². The summed E-state index contributed by atoms with van der Waals surface area (Å²) in [4.78, 5) is 16.3. The van der Waals surface area contributed by atoms with E-state index in [1.54, 1.807) is 18.8 Å². The van der Waals surface area contributed by atoms with Crippen LogP contribution in [0.5, 0.6) is 0 Å². The highest BCUT2D eigenvalue weighted by Gasteiger charge is 2.08. The number of carbonyl (C=O) groups excluding carboxylic acids is 1. The normalized spacial score (nSPS) is 10.3. The lowest BCUT2D eigenvalue weighted by Crippen LogP contribution is -2.10. The highest BCUT2D eigenvalue weighted by atomic mass is 32.1. The lowest BCUT2D eigenvalue weighted by molar-refractivity contribution is 0.103. The number of carbonyl (C=O) groups is 1. The van der Waals surface area contributed by atoms with Crippen LogP contribution in [-0.4, -0.2) is 18.0 Å². The van der Waals surface area contributed by atoms with Crippen molar-refractivity contribution in [3.05, 3.63) is 45.9 Å². The predicted molar refractivity (Wildman–Crippen MR) is 72.0 cm³/mol. The molecule has 4 nitrogen and oxygen atoms in total. The zero-order valence-corrected chi connectivity index (χ0v) is 11.1.